The van der Waals surface area contributed by atoms with Crippen LogP contribution in [0.2, 0.25) is 0 Å². The van der Waals surface area contributed by atoms with E-state index in [1.807, 2.05) is 30.3 Å². The largest absolute Gasteiger partial charge is 0.367 e. The Morgan fingerprint density at radius 1 is 1.19 bits per heavy atom. The lowest BCUT2D eigenvalue weighted by Crippen LogP contribution is -2.61. The highest BCUT2D eigenvalue weighted by Crippen LogP contribution is 2.39. The smallest absolute Gasteiger partial charge is 0.269 e. The molecule has 2 heterocycles. The first-order chi connectivity index (χ1) is 15.5. The van der Waals surface area contributed by atoms with E-state index >= 15 is 0 Å². The summed E-state index contributed by atoms with van der Waals surface area (Å²) in [4.78, 5) is 28.6. The number of carbonyl (C=O) groups excluding carboxylic acids is 1. The Labute approximate surface area is 186 Å². The zero-order valence-corrected chi connectivity index (χ0v) is 17.7. The second-order valence-electron chi connectivity index (χ2n) is 8.90. The number of non-ortho nitro benzene ring substituents is 1. The minimum absolute atomic E-state index is 0.0134. The number of amides is 1. The summed E-state index contributed by atoms with van der Waals surface area (Å²) in [6.07, 6.45) is 2.80. The first-order valence-corrected chi connectivity index (χ1v) is 11.1. The van der Waals surface area contributed by atoms with E-state index in [9.17, 15) is 20.2 Å². The molecule has 0 unspecified atom stereocenters. The number of fused-ring (bicyclic) bond motifs is 3. The van der Waals surface area contributed by atoms with Crippen LogP contribution in [0.25, 0.3) is 0 Å². The van der Waals surface area contributed by atoms with Gasteiger partial charge in [0.2, 0.25) is 5.91 Å². The quantitative estimate of drug-likeness (QED) is 0.577. The lowest BCUT2D eigenvalue weighted by atomic mass is 9.83. The molecule has 0 radical (unpaired) electrons. The average Bonchev–Trinajstić information content (AvgIpc) is 3.65. The molecule has 8 heteroatoms. The van der Waals surface area contributed by atoms with Crippen LogP contribution in [0.3, 0.4) is 0 Å². The Hall–Kier alpha value is -3.60. The minimum Gasteiger partial charge on any atom is -0.367 e. The van der Waals surface area contributed by atoms with Crippen molar-refractivity contribution in [3.8, 4) is 6.07 Å². The van der Waals surface area contributed by atoms with Crippen molar-refractivity contribution in [1.29, 1.82) is 5.26 Å². The number of nitrogens with zero attached hydrogens (tertiary/aromatic N) is 4. The van der Waals surface area contributed by atoms with Gasteiger partial charge in [-0.1, -0.05) is 12.1 Å². The fourth-order valence-electron chi connectivity index (χ4n) is 4.98. The number of benzene rings is 2. The van der Waals surface area contributed by atoms with Gasteiger partial charge in [0.25, 0.3) is 5.69 Å². The van der Waals surface area contributed by atoms with Crippen molar-refractivity contribution in [2.75, 3.05) is 36.0 Å². The molecule has 0 bridgehead atoms. The first-order valence-electron chi connectivity index (χ1n) is 11.1. The number of hydrogen-bond donors (Lipinski definition) is 1. The molecule has 3 aliphatic rings. The number of rotatable bonds is 5. The highest BCUT2D eigenvalue weighted by atomic mass is 16.6. The summed E-state index contributed by atoms with van der Waals surface area (Å²) < 4.78 is 0. The van der Waals surface area contributed by atoms with Crippen molar-refractivity contribution in [2.45, 2.75) is 25.3 Å². The number of carbonyl (C=O) groups is 1. The van der Waals surface area contributed by atoms with Crippen LogP contribution in [0.1, 0.15) is 24.0 Å². The van der Waals surface area contributed by atoms with E-state index in [4.69, 9.17) is 0 Å². The minimum atomic E-state index is -0.384. The maximum Gasteiger partial charge on any atom is 0.269 e. The molecular formula is C24H25N5O3. The predicted molar refractivity (Wildman–Crippen MR) is 121 cm³/mol. The molecule has 2 fully saturated rings. The molecule has 1 amide bonds. The summed E-state index contributed by atoms with van der Waals surface area (Å²) in [6, 6.07) is 14.7. The second-order valence-corrected chi connectivity index (χ2v) is 8.90. The Morgan fingerprint density at radius 3 is 2.75 bits per heavy atom. The van der Waals surface area contributed by atoms with E-state index in [1.54, 1.807) is 12.1 Å². The van der Waals surface area contributed by atoms with Gasteiger partial charge in [0.1, 0.15) is 6.07 Å². The average molecular weight is 431 g/mol. The maximum atomic E-state index is 13.2. The van der Waals surface area contributed by atoms with Crippen molar-refractivity contribution in [3.05, 3.63) is 63.7 Å². The van der Waals surface area contributed by atoms with Crippen LogP contribution in [0.4, 0.5) is 17.1 Å². The Bertz CT molecular complexity index is 1110. The monoisotopic (exact) mass is 431 g/mol. The molecule has 1 N–H and O–H groups in total. The van der Waals surface area contributed by atoms with E-state index in [0.29, 0.717) is 44.1 Å². The summed E-state index contributed by atoms with van der Waals surface area (Å²) in [5.41, 5.74) is 3.40. The van der Waals surface area contributed by atoms with Gasteiger partial charge in [0.15, 0.2) is 0 Å². The van der Waals surface area contributed by atoms with Crippen molar-refractivity contribution in [3.63, 3.8) is 0 Å². The second kappa shape index (κ2) is 8.15. The fourth-order valence-corrected chi connectivity index (χ4v) is 4.98. The lowest BCUT2D eigenvalue weighted by Gasteiger charge is -2.49. The Kier molecular flexibility index (Phi) is 5.17. The van der Waals surface area contributed by atoms with E-state index < -0.39 is 0 Å². The van der Waals surface area contributed by atoms with Gasteiger partial charge in [-0.05, 0) is 48.9 Å². The normalized spacial score (nSPS) is 21.8. The van der Waals surface area contributed by atoms with Crippen LogP contribution in [0.15, 0.2) is 42.5 Å². The maximum absolute atomic E-state index is 13.2. The molecule has 0 aromatic heterocycles. The van der Waals surface area contributed by atoms with Crippen LogP contribution in [-0.4, -0.2) is 43.1 Å². The van der Waals surface area contributed by atoms with E-state index in [2.05, 4.69) is 21.2 Å². The third-order valence-electron chi connectivity index (χ3n) is 6.87. The van der Waals surface area contributed by atoms with Gasteiger partial charge in [-0.2, -0.15) is 5.26 Å². The Morgan fingerprint density at radius 2 is 2.00 bits per heavy atom. The molecule has 2 aliphatic heterocycles. The fraction of sp³-hybridized carbons (Fsp3) is 0.417. The van der Waals surface area contributed by atoms with Crippen LogP contribution in [-0.2, 0) is 11.2 Å². The SMILES string of the molecule is N#Cc1ccccc1N1CCN2c3ccc([N+](=O)[O-])cc3C[C@H](C(=O)NCC3CC3)[C@@H]2C1. The molecule has 164 valence electrons. The van der Waals surface area contributed by atoms with Crippen LogP contribution >= 0.6 is 0 Å². The number of para-hydroxylation sites is 1. The highest BCUT2D eigenvalue weighted by molar-refractivity contribution is 5.82. The lowest BCUT2D eigenvalue weighted by molar-refractivity contribution is -0.384. The van der Waals surface area contributed by atoms with E-state index in [-0.39, 0.29) is 28.5 Å². The van der Waals surface area contributed by atoms with Gasteiger partial charge in [-0.25, -0.2) is 0 Å². The summed E-state index contributed by atoms with van der Waals surface area (Å²) in [5, 5.41) is 24.0. The van der Waals surface area contributed by atoms with Crippen LogP contribution in [0, 0.1) is 33.3 Å². The number of nitro groups is 1. The molecule has 5 rings (SSSR count). The zero-order valence-electron chi connectivity index (χ0n) is 17.7. The van der Waals surface area contributed by atoms with E-state index in [0.717, 1.165) is 29.8 Å². The first kappa shape index (κ1) is 20.3. The highest BCUT2D eigenvalue weighted by Gasteiger charge is 2.42. The summed E-state index contributed by atoms with van der Waals surface area (Å²) in [5.74, 6) is 0.289. The number of hydrogen-bond acceptors (Lipinski definition) is 6. The van der Waals surface area contributed by atoms with Crippen molar-refractivity contribution in [2.24, 2.45) is 11.8 Å². The molecule has 2 aromatic rings. The van der Waals surface area contributed by atoms with Gasteiger partial charge in [0, 0.05) is 44.0 Å². The van der Waals surface area contributed by atoms with Gasteiger partial charge in [-0.15, -0.1) is 0 Å². The number of piperazine rings is 1. The summed E-state index contributed by atoms with van der Waals surface area (Å²) in [7, 11) is 0. The molecule has 1 aliphatic carbocycles. The third kappa shape index (κ3) is 3.75. The molecule has 2 aromatic carbocycles. The molecule has 0 spiro atoms. The molecule has 2 atom stereocenters. The van der Waals surface area contributed by atoms with Gasteiger partial charge >= 0.3 is 0 Å². The molecule has 32 heavy (non-hydrogen) atoms. The Balaban J connectivity index is 1.47. The summed E-state index contributed by atoms with van der Waals surface area (Å²) in [6.45, 7) is 2.71. The zero-order chi connectivity index (χ0) is 22.2. The van der Waals surface area contributed by atoms with Crippen molar-refractivity contribution < 1.29 is 9.72 Å². The van der Waals surface area contributed by atoms with Crippen LogP contribution < -0.4 is 15.1 Å². The number of anilines is 2. The number of nitrogens with one attached hydrogen (secondary N) is 1. The number of nitro benzene ring substituents is 1. The molecular weight excluding hydrogens is 406 g/mol. The molecule has 8 nitrogen and oxygen atoms in total. The predicted octanol–water partition coefficient (Wildman–Crippen LogP) is 2.86. The van der Waals surface area contributed by atoms with Crippen molar-refractivity contribution >= 4 is 23.0 Å². The topological polar surface area (TPSA) is 103 Å². The number of nitriles is 1. The van der Waals surface area contributed by atoms with Gasteiger partial charge in [0.05, 0.1) is 28.1 Å². The molecule has 1 saturated heterocycles. The van der Waals surface area contributed by atoms with Crippen molar-refractivity contribution in [1.82, 2.24) is 5.32 Å². The van der Waals surface area contributed by atoms with Gasteiger partial charge in [-0.3, -0.25) is 14.9 Å². The third-order valence-corrected chi connectivity index (χ3v) is 6.87. The van der Waals surface area contributed by atoms with Crippen LogP contribution in [0.5, 0.6) is 0 Å². The molecule has 1 saturated carbocycles. The summed E-state index contributed by atoms with van der Waals surface area (Å²) >= 11 is 0. The van der Waals surface area contributed by atoms with E-state index in [1.165, 1.54) is 0 Å². The van der Waals surface area contributed by atoms with Gasteiger partial charge < -0.3 is 15.1 Å². The standard InChI is InChI=1S/C24H25N5O3/c25-13-17-3-1-2-4-21(17)27-9-10-28-22-8-7-19(29(31)32)11-18(22)12-20(23(28)15-27)24(30)26-14-16-5-6-16/h1-4,7-8,11,16,20,23H,5-6,9-10,12,14-15H2,(H,26,30)/t20-,23-/m0/s1.